The summed E-state index contributed by atoms with van der Waals surface area (Å²) in [6.45, 7) is 8.27. The average Bonchev–Trinajstić information content (AvgIpc) is 2.61. The molecular weight excluding hydrogens is 232 g/mol. The van der Waals surface area contributed by atoms with Crippen molar-refractivity contribution in [1.29, 1.82) is 0 Å². The van der Waals surface area contributed by atoms with Gasteiger partial charge in [-0.25, -0.2) is 4.79 Å². The Morgan fingerprint density at radius 3 is 2.83 bits per heavy atom. The first kappa shape index (κ1) is 14.3. The summed E-state index contributed by atoms with van der Waals surface area (Å²) in [4.78, 5) is 24.6. The number of carbonyl (C=O) groups excluding carboxylic acids is 2. The van der Waals surface area contributed by atoms with Crippen LogP contribution in [0.25, 0.3) is 0 Å². The second-order valence-corrected chi connectivity index (χ2v) is 4.22. The number of amides is 2. The van der Waals surface area contributed by atoms with Gasteiger partial charge < -0.3 is 15.0 Å². The van der Waals surface area contributed by atoms with Crippen LogP contribution in [0, 0.1) is 0 Å². The second kappa shape index (κ2) is 7.53. The van der Waals surface area contributed by atoms with Crippen molar-refractivity contribution in [3.05, 3.63) is 25.3 Å². The minimum Gasteiger partial charge on any atom is -0.445 e. The van der Waals surface area contributed by atoms with Crippen molar-refractivity contribution in [2.75, 3.05) is 19.7 Å². The summed E-state index contributed by atoms with van der Waals surface area (Å²) in [5, 5.41) is 2.82. The maximum Gasteiger partial charge on any atom is 0.410 e. The van der Waals surface area contributed by atoms with E-state index in [1.54, 1.807) is 4.90 Å². The van der Waals surface area contributed by atoms with Gasteiger partial charge in [0.25, 0.3) is 0 Å². The van der Waals surface area contributed by atoms with Gasteiger partial charge in [-0.1, -0.05) is 19.2 Å². The lowest BCUT2D eigenvalue weighted by Gasteiger charge is -2.24. The molecule has 0 aromatic rings. The lowest BCUT2D eigenvalue weighted by molar-refractivity contribution is -0.117. The summed E-state index contributed by atoms with van der Waals surface area (Å²) in [6.07, 6.45) is 5.19. The molecule has 18 heavy (non-hydrogen) atoms. The maximum absolute atomic E-state index is 11.7. The molecule has 5 heteroatoms. The molecular formula is C13H20N2O3. The zero-order valence-electron chi connectivity index (χ0n) is 10.6. The van der Waals surface area contributed by atoms with Gasteiger partial charge in [0, 0.05) is 19.1 Å². The minimum absolute atomic E-state index is 0.0331. The lowest BCUT2D eigenvalue weighted by atomic mass is 10.1. The topological polar surface area (TPSA) is 58.6 Å². The number of likely N-dealkylation sites (tertiary alicyclic amines) is 1. The summed E-state index contributed by atoms with van der Waals surface area (Å²) in [5.74, 6) is -0.207. The molecule has 1 aliphatic heterocycles. The van der Waals surface area contributed by atoms with E-state index in [4.69, 9.17) is 4.74 Å². The molecule has 0 bridgehead atoms. The molecule has 0 spiro atoms. The van der Waals surface area contributed by atoms with Crippen LogP contribution >= 0.6 is 0 Å². The smallest absolute Gasteiger partial charge is 0.410 e. The summed E-state index contributed by atoms with van der Waals surface area (Å²) >= 11 is 0. The number of nitrogens with one attached hydrogen (secondary N) is 1. The summed E-state index contributed by atoms with van der Waals surface area (Å²) in [5.41, 5.74) is 0. The van der Waals surface area contributed by atoms with E-state index in [2.05, 4.69) is 18.5 Å². The third kappa shape index (κ3) is 4.61. The number of hydrogen-bond acceptors (Lipinski definition) is 3. The largest absolute Gasteiger partial charge is 0.445 e. The van der Waals surface area contributed by atoms with Crippen molar-refractivity contribution in [1.82, 2.24) is 10.2 Å². The van der Waals surface area contributed by atoms with Gasteiger partial charge in [-0.05, 0) is 25.3 Å². The van der Waals surface area contributed by atoms with Crippen LogP contribution in [0.4, 0.5) is 4.79 Å². The molecule has 2 amide bonds. The van der Waals surface area contributed by atoms with Crippen molar-refractivity contribution in [3.8, 4) is 0 Å². The van der Waals surface area contributed by atoms with Gasteiger partial charge in [0.15, 0.2) is 0 Å². The van der Waals surface area contributed by atoms with Crippen molar-refractivity contribution >= 4 is 12.0 Å². The van der Waals surface area contributed by atoms with Crippen LogP contribution in [0.3, 0.4) is 0 Å². The van der Waals surface area contributed by atoms with E-state index in [-0.39, 0.29) is 24.6 Å². The Hall–Kier alpha value is -1.78. The minimum atomic E-state index is -0.352. The highest BCUT2D eigenvalue weighted by atomic mass is 16.6. The molecule has 0 aliphatic carbocycles. The van der Waals surface area contributed by atoms with Crippen molar-refractivity contribution in [2.24, 2.45) is 0 Å². The molecule has 1 aliphatic rings. The third-order valence-corrected chi connectivity index (χ3v) is 2.79. The van der Waals surface area contributed by atoms with Crippen LogP contribution in [0.15, 0.2) is 25.3 Å². The second-order valence-electron chi connectivity index (χ2n) is 4.22. The van der Waals surface area contributed by atoms with Crippen LogP contribution in [0.1, 0.15) is 19.3 Å². The normalized spacial score (nSPS) is 19.6. The Labute approximate surface area is 107 Å². The molecule has 1 atom stereocenters. The number of hydrogen-bond donors (Lipinski definition) is 1. The molecule has 0 radical (unpaired) electrons. The van der Waals surface area contributed by atoms with E-state index in [1.807, 2.05) is 0 Å². The number of carbonyl (C=O) groups is 2. The Morgan fingerprint density at radius 1 is 1.39 bits per heavy atom. The van der Waals surface area contributed by atoms with Crippen LogP contribution in [-0.4, -0.2) is 42.6 Å². The van der Waals surface area contributed by atoms with Crippen molar-refractivity contribution in [2.45, 2.75) is 25.3 Å². The lowest BCUT2D eigenvalue weighted by Crippen LogP contribution is -2.44. The molecule has 1 rings (SSSR count). The van der Waals surface area contributed by atoms with Crippen molar-refractivity contribution < 1.29 is 14.3 Å². The van der Waals surface area contributed by atoms with E-state index in [9.17, 15) is 9.59 Å². The SMILES string of the molecule is C=CCOC(=O)N1CCCCC(NC(=O)C=C)C1. The van der Waals surface area contributed by atoms with Gasteiger partial charge in [-0.2, -0.15) is 0 Å². The Morgan fingerprint density at radius 2 is 2.17 bits per heavy atom. The van der Waals surface area contributed by atoms with Crippen LogP contribution in [0.5, 0.6) is 0 Å². The standard InChI is InChI=1S/C13H20N2O3/c1-3-9-18-13(17)15-8-6-5-7-11(10-15)14-12(16)4-2/h3-4,11H,1-2,5-10H2,(H,14,16). The van der Waals surface area contributed by atoms with E-state index in [0.29, 0.717) is 13.1 Å². The molecule has 5 nitrogen and oxygen atoms in total. The molecule has 1 heterocycles. The van der Waals surface area contributed by atoms with E-state index in [1.165, 1.54) is 12.2 Å². The van der Waals surface area contributed by atoms with Crippen LogP contribution < -0.4 is 5.32 Å². The quantitative estimate of drug-likeness (QED) is 0.609. The van der Waals surface area contributed by atoms with Gasteiger partial charge in [-0.3, -0.25) is 4.79 Å². The van der Waals surface area contributed by atoms with Crippen molar-refractivity contribution in [3.63, 3.8) is 0 Å². The van der Waals surface area contributed by atoms with Gasteiger partial charge in [0.1, 0.15) is 6.61 Å². The molecule has 100 valence electrons. The first-order valence-corrected chi connectivity index (χ1v) is 6.13. The zero-order valence-corrected chi connectivity index (χ0v) is 10.6. The Kier molecular flexibility index (Phi) is 5.97. The highest BCUT2D eigenvalue weighted by molar-refractivity contribution is 5.87. The Balaban J connectivity index is 2.52. The van der Waals surface area contributed by atoms with Gasteiger partial charge in [0.05, 0.1) is 0 Å². The third-order valence-electron chi connectivity index (χ3n) is 2.79. The monoisotopic (exact) mass is 252 g/mol. The fraction of sp³-hybridized carbons (Fsp3) is 0.538. The van der Waals surface area contributed by atoms with E-state index < -0.39 is 0 Å². The predicted octanol–water partition coefficient (Wildman–Crippen LogP) is 1.47. The van der Waals surface area contributed by atoms with E-state index >= 15 is 0 Å². The molecule has 0 aromatic heterocycles. The summed E-state index contributed by atoms with van der Waals surface area (Å²) in [7, 11) is 0. The molecule has 1 N–H and O–H groups in total. The zero-order chi connectivity index (χ0) is 13.4. The molecule has 1 unspecified atom stereocenters. The number of rotatable bonds is 4. The first-order valence-electron chi connectivity index (χ1n) is 6.13. The van der Waals surface area contributed by atoms with Gasteiger partial charge in [0.2, 0.25) is 5.91 Å². The van der Waals surface area contributed by atoms with Crippen LogP contribution in [0.2, 0.25) is 0 Å². The fourth-order valence-electron chi connectivity index (χ4n) is 1.91. The highest BCUT2D eigenvalue weighted by Crippen LogP contribution is 2.12. The van der Waals surface area contributed by atoms with E-state index in [0.717, 1.165) is 19.3 Å². The summed E-state index contributed by atoms with van der Waals surface area (Å²) < 4.78 is 5.00. The predicted molar refractivity (Wildman–Crippen MR) is 69.1 cm³/mol. The summed E-state index contributed by atoms with van der Waals surface area (Å²) in [6, 6.07) is -0.0331. The van der Waals surface area contributed by atoms with Gasteiger partial charge in [-0.15, -0.1) is 0 Å². The molecule has 1 saturated heterocycles. The molecule has 1 fully saturated rings. The number of ether oxygens (including phenoxy) is 1. The average molecular weight is 252 g/mol. The highest BCUT2D eigenvalue weighted by Gasteiger charge is 2.23. The Bertz CT molecular complexity index is 328. The maximum atomic E-state index is 11.7. The molecule has 0 saturated carbocycles. The first-order chi connectivity index (χ1) is 8.67. The molecule has 0 aromatic carbocycles. The fourth-order valence-corrected chi connectivity index (χ4v) is 1.91. The van der Waals surface area contributed by atoms with Crippen LogP contribution in [-0.2, 0) is 9.53 Å². The van der Waals surface area contributed by atoms with Gasteiger partial charge >= 0.3 is 6.09 Å². The number of nitrogens with zero attached hydrogens (tertiary/aromatic N) is 1.